The second kappa shape index (κ2) is 35.0. The number of hydrogen-bond donors (Lipinski definition) is 3. The van der Waals surface area contributed by atoms with E-state index >= 15 is 0 Å². The number of carbonyl (C=O) groups is 1. The van der Waals surface area contributed by atoms with Crippen molar-refractivity contribution in [2.75, 3.05) is 58.6 Å². The fourth-order valence-electron chi connectivity index (χ4n) is 9.37. The summed E-state index contributed by atoms with van der Waals surface area (Å²) in [6.45, 7) is 38.2. The van der Waals surface area contributed by atoms with Crippen molar-refractivity contribution in [3.63, 3.8) is 0 Å². The van der Waals surface area contributed by atoms with Crippen LogP contribution < -0.4 is 21.5 Å². The number of amides is 1. The van der Waals surface area contributed by atoms with Crippen molar-refractivity contribution in [2.24, 2.45) is 39.8 Å². The zero-order valence-corrected chi connectivity index (χ0v) is 47.7. The molecule has 10 nitrogen and oxygen atoms in total. The number of ether oxygens (including phenoxy) is 2. The number of nitrogens with zero attached hydrogens (tertiary/aromatic N) is 4. The van der Waals surface area contributed by atoms with Gasteiger partial charge in [0.15, 0.2) is 0 Å². The van der Waals surface area contributed by atoms with E-state index in [1.807, 2.05) is 24.6 Å². The quantitative estimate of drug-likeness (QED) is 0.0247. The molecule has 2 aromatic carbocycles. The molecule has 0 aliphatic carbocycles. The number of allylic oxidation sites excluding steroid dienone is 3. The normalized spacial score (nSPS) is 14.5. The van der Waals surface area contributed by atoms with Gasteiger partial charge in [0.1, 0.15) is 0 Å². The number of carbonyl (C=O) groups excluding carboxylic acids is 1. The number of methoxy groups -OCH3 is 1. The summed E-state index contributed by atoms with van der Waals surface area (Å²) in [5.74, 6) is 6.55. The Balaban J connectivity index is 0.000000801. The molecule has 0 saturated carbocycles. The third kappa shape index (κ3) is 21.5. The first-order valence-corrected chi connectivity index (χ1v) is 27.0. The molecule has 1 aliphatic heterocycles. The van der Waals surface area contributed by atoms with E-state index in [9.17, 15) is 4.79 Å². The second-order valence-corrected chi connectivity index (χ2v) is 20.2. The van der Waals surface area contributed by atoms with E-state index in [1.165, 1.54) is 72.5 Å². The van der Waals surface area contributed by atoms with Gasteiger partial charge in [-0.25, -0.2) is 0 Å². The summed E-state index contributed by atoms with van der Waals surface area (Å²) >= 11 is 1.25. The molecule has 1 aliphatic rings. The van der Waals surface area contributed by atoms with E-state index in [2.05, 4.69) is 164 Å². The first kappa shape index (κ1) is 64.8. The molecule has 1 aromatic heterocycles. The topological polar surface area (TPSA) is 136 Å². The number of nitrogens with two attached hydrogens (primary N) is 3. The van der Waals surface area contributed by atoms with Gasteiger partial charge >= 0.3 is 0 Å². The summed E-state index contributed by atoms with van der Waals surface area (Å²) in [5.41, 5.74) is 21.8. The highest BCUT2D eigenvalue weighted by Crippen LogP contribution is 2.38. The van der Waals surface area contributed by atoms with Gasteiger partial charge in [-0.2, -0.15) is 0 Å². The minimum absolute atomic E-state index is 0.0733. The largest absolute Gasteiger partial charge is 0.501 e. The van der Waals surface area contributed by atoms with Crippen molar-refractivity contribution in [3.05, 3.63) is 139 Å². The van der Waals surface area contributed by atoms with Crippen molar-refractivity contribution in [1.29, 1.82) is 0 Å². The summed E-state index contributed by atoms with van der Waals surface area (Å²) in [6.07, 6.45) is 15.9. The highest BCUT2D eigenvalue weighted by Gasteiger charge is 2.33. The van der Waals surface area contributed by atoms with Gasteiger partial charge < -0.3 is 35.6 Å². The van der Waals surface area contributed by atoms with Crippen LogP contribution in [-0.2, 0) is 20.7 Å². The number of hydrogen-bond acceptors (Lipinski definition) is 10. The van der Waals surface area contributed by atoms with Crippen LogP contribution in [0.3, 0.4) is 0 Å². The molecule has 11 heteroatoms. The maximum Gasteiger partial charge on any atom is 0.298 e. The third-order valence-electron chi connectivity index (χ3n) is 12.8. The van der Waals surface area contributed by atoms with E-state index in [0.717, 1.165) is 67.8 Å². The molecule has 4 atom stereocenters. The number of rotatable bonds is 25. The monoisotopic (exact) mass is 1010 g/mol. The zero-order chi connectivity index (χ0) is 54.4. The maximum atomic E-state index is 11.7. The Morgan fingerprint density at radius 1 is 1.06 bits per heavy atom. The summed E-state index contributed by atoms with van der Waals surface area (Å²) in [5, 5.41) is 4.76. The smallest absolute Gasteiger partial charge is 0.298 e. The van der Waals surface area contributed by atoms with Crippen LogP contribution in [0.4, 0.5) is 5.69 Å². The molecule has 0 bridgehead atoms. The van der Waals surface area contributed by atoms with Crippen LogP contribution in [0.5, 0.6) is 0 Å². The highest BCUT2D eigenvalue weighted by molar-refractivity contribution is 7.96. The average molecular weight is 1010 g/mol. The van der Waals surface area contributed by atoms with Crippen LogP contribution in [0.15, 0.2) is 122 Å². The molecule has 1 fully saturated rings. The van der Waals surface area contributed by atoms with E-state index in [0.29, 0.717) is 36.6 Å². The van der Waals surface area contributed by atoms with E-state index in [4.69, 9.17) is 25.3 Å². The van der Waals surface area contributed by atoms with E-state index in [-0.39, 0.29) is 23.5 Å². The van der Waals surface area contributed by atoms with Gasteiger partial charge in [0.25, 0.3) is 5.91 Å². The Morgan fingerprint density at radius 3 is 2.29 bits per heavy atom. The Hall–Kier alpha value is -5.25. The number of aromatic nitrogens is 1. The van der Waals surface area contributed by atoms with Crippen molar-refractivity contribution < 1.29 is 14.3 Å². The molecule has 2 heterocycles. The number of likely N-dealkylation sites (tertiary alicyclic amines) is 1. The van der Waals surface area contributed by atoms with E-state index < -0.39 is 0 Å². The van der Waals surface area contributed by atoms with Crippen LogP contribution in [-0.4, -0.2) is 80.4 Å². The third-order valence-corrected chi connectivity index (χ3v) is 12.8. The lowest BCUT2D eigenvalue weighted by Gasteiger charge is -2.34. The predicted molar refractivity (Wildman–Crippen MR) is 313 cm³/mol. The van der Waals surface area contributed by atoms with E-state index in [1.54, 1.807) is 26.0 Å². The van der Waals surface area contributed by atoms with Gasteiger partial charge in [-0.05, 0) is 144 Å². The molecule has 1 amide bonds. The van der Waals surface area contributed by atoms with Crippen LogP contribution in [0.25, 0.3) is 16.8 Å². The van der Waals surface area contributed by atoms with Crippen LogP contribution in [0.1, 0.15) is 130 Å². The molecule has 6 N–H and O–H groups in total. The first-order chi connectivity index (χ1) is 34.3. The van der Waals surface area contributed by atoms with Gasteiger partial charge in [-0.3, -0.25) is 14.9 Å². The molecule has 3 aromatic rings. The van der Waals surface area contributed by atoms with Gasteiger partial charge in [-0.15, -0.1) is 6.58 Å². The van der Waals surface area contributed by atoms with Crippen LogP contribution >= 0.6 is 11.9 Å². The van der Waals surface area contributed by atoms with Gasteiger partial charge in [0.05, 0.1) is 30.7 Å². The highest BCUT2D eigenvalue weighted by atomic mass is 32.2. The van der Waals surface area contributed by atoms with Crippen molar-refractivity contribution in [1.82, 2.24) is 14.8 Å². The average Bonchev–Trinajstić information content (AvgIpc) is 3.71. The van der Waals surface area contributed by atoms with Gasteiger partial charge in [0.2, 0.25) is 0 Å². The van der Waals surface area contributed by atoms with Crippen molar-refractivity contribution >= 4 is 29.2 Å². The maximum absolute atomic E-state index is 11.7. The summed E-state index contributed by atoms with van der Waals surface area (Å²) in [7, 11) is 5.03. The molecule has 4 unspecified atom stereocenters. The van der Waals surface area contributed by atoms with Crippen LogP contribution in [0.2, 0.25) is 0 Å². The number of benzene rings is 2. The Kier molecular flexibility index (Phi) is 31.5. The molecule has 398 valence electrons. The molecular weight excluding hydrogens is 911 g/mol. The summed E-state index contributed by atoms with van der Waals surface area (Å²) < 4.78 is 11.4. The first-order valence-electron chi connectivity index (χ1n) is 25.7. The fraction of sp³-hybridized carbons (Fsp3) is 0.508. The Labute approximate surface area is 442 Å². The lowest BCUT2D eigenvalue weighted by atomic mass is 9.85. The lowest BCUT2D eigenvalue weighted by molar-refractivity contribution is -0.124. The lowest BCUT2D eigenvalue weighted by Crippen LogP contribution is -2.39. The number of anilines is 1. The molecule has 1 saturated heterocycles. The van der Waals surface area contributed by atoms with Gasteiger partial charge in [0, 0.05) is 79.7 Å². The second-order valence-electron chi connectivity index (χ2n) is 19.7. The summed E-state index contributed by atoms with van der Waals surface area (Å²) in [4.78, 5) is 22.8. The minimum Gasteiger partial charge on any atom is -0.501 e. The molecular formula is C61H95N7O3S. The zero-order valence-electron chi connectivity index (χ0n) is 46.9. The standard InChI is InChI=1S/C41H56N2O2.C18H29N3O.CH5NS.CH5N/c1-10-13-14-15-18-31(4)27-34-19-16-20-36(28-34)35-22-24-37(25-23-35)43(11-2)40(32(5)29-41(7,8)30-45-12-3)38-21-17-26-42-39(38)33(6)44-9;1-7-8-17(22)20(6)11-9-16-10-12-21(15(16)5)18(13(2)3)14(4)19;1-3-2;1-2/h10,12,16-17,19-26,28,31,33H,1,3,11,13-15,18,27,29-30H2,2,4-9H3;13,16,18H,4-5,9-12,19H2,1-3,6H3;2H2,1H3;2H2,1H3/b40-32+;;;. The van der Waals surface area contributed by atoms with Crippen molar-refractivity contribution in [2.45, 2.75) is 126 Å². The fourth-order valence-corrected chi connectivity index (χ4v) is 9.37. The minimum atomic E-state index is -0.135. The van der Waals surface area contributed by atoms with Crippen LogP contribution in [0, 0.1) is 35.0 Å². The number of pyridine rings is 1. The van der Waals surface area contributed by atoms with Gasteiger partial charge in [-0.1, -0.05) is 128 Å². The Morgan fingerprint density at radius 2 is 1.72 bits per heavy atom. The molecule has 4 rings (SSSR count). The summed E-state index contributed by atoms with van der Waals surface area (Å²) in [6, 6.07) is 22.4. The number of unbranched alkanes of at least 4 members (excludes halogenated alkanes) is 2. The molecule has 0 spiro atoms. The SMILES string of the molecule is C=C(N)C(C(C)C)N1CCC(CCN(C)C(=O)C#CC)C1=C.C=CCCCCC(C)Cc1cccc(-c2ccc(N(CC)/C(=C(\C)CC(C)(C)COC=C)c3cccnc3C(C)OC)cc2)c1.CN.CSN. The van der Waals surface area contributed by atoms with Crippen molar-refractivity contribution in [3.8, 4) is 23.0 Å². The predicted octanol–water partition coefficient (Wildman–Crippen LogP) is 13.2. The Bertz CT molecular complexity index is 2190. The molecule has 0 radical (unpaired) electrons. The molecule has 72 heavy (non-hydrogen) atoms.